The maximum atomic E-state index is 13.1. The van der Waals surface area contributed by atoms with Crippen LogP contribution in [0.4, 0.5) is 5.69 Å². The molecule has 2 aliphatic rings. The van der Waals surface area contributed by atoms with Gasteiger partial charge in [-0.2, -0.15) is 4.36 Å². The summed E-state index contributed by atoms with van der Waals surface area (Å²) in [6.45, 7) is 5.10. The Hall–Kier alpha value is -1.44. The highest BCUT2D eigenvalue weighted by atomic mass is 32.2. The zero-order valence-corrected chi connectivity index (χ0v) is 17.0. The van der Waals surface area contributed by atoms with E-state index in [-0.39, 0.29) is 12.5 Å². The Kier molecular flexibility index (Phi) is 5.93. The molecule has 0 aromatic heterocycles. The Labute approximate surface area is 162 Å². The molecule has 1 aromatic rings. The van der Waals surface area contributed by atoms with E-state index in [1.807, 2.05) is 49.1 Å². The lowest BCUT2D eigenvalue weighted by Gasteiger charge is -2.47. The topological polar surface area (TPSA) is 79.2 Å². The number of carbonyl (C=O) groups is 1. The van der Waals surface area contributed by atoms with Crippen LogP contribution >= 0.6 is 0 Å². The highest BCUT2D eigenvalue weighted by molar-refractivity contribution is 7.93. The van der Waals surface area contributed by atoms with Crippen LogP contribution in [-0.2, 0) is 19.3 Å². The summed E-state index contributed by atoms with van der Waals surface area (Å²) in [5, 5.41) is 9.67. The molecule has 1 N–H and O–H groups in total. The highest BCUT2D eigenvalue weighted by Gasteiger charge is 2.45. The van der Waals surface area contributed by atoms with E-state index >= 15 is 0 Å². The van der Waals surface area contributed by atoms with Crippen LogP contribution in [0.3, 0.4) is 0 Å². The van der Waals surface area contributed by atoms with Crippen molar-refractivity contribution in [2.45, 2.75) is 38.7 Å². The standard InChI is InChI=1S/C20H30N2O4S/c1-3-19(2,16-23)18(24)22-11-12-26-20(15-22)9-13-27(25,14-10-20)21-17-7-5-4-6-8-17/h4-8,23H,3,9-16H2,1-2H3. The second-order valence-electron chi connectivity index (χ2n) is 7.94. The van der Waals surface area contributed by atoms with Crippen LogP contribution in [0.25, 0.3) is 0 Å². The minimum atomic E-state index is -2.29. The van der Waals surface area contributed by atoms with Crippen LogP contribution in [0.15, 0.2) is 34.7 Å². The summed E-state index contributed by atoms with van der Waals surface area (Å²) < 4.78 is 23.7. The van der Waals surface area contributed by atoms with Gasteiger partial charge < -0.3 is 14.7 Å². The Balaban J connectivity index is 1.71. The smallest absolute Gasteiger partial charge is 0.230 e. The number of aliphatic hydroxyl groups is 1. The van der Waals surface area contributed by atoms with Crippen molar-refractivity contribution in [3.63, 3.8) is 0 Å². The molecule has 3 rings (SSSR count). The van der Waals surface area contributed by atoms with Crippen molar-refractivity contribution in [1.82, 2.24) is 4.90 Å². The number of morpholine rings is 1. The molecule has 2 saturated heterocycles. The van der Waals surface area contributed by atoms with Gasteiger partial charge in [0.25, 0.3) is 0 Å². The van der Waals surface area contributed by atoms with Crippen molar-refractivity contribution in [3.8, 4) is 0 Å². The van der Waals surface area contributed by atoms with E-state index < -0.39 is 20.7 Å². The zero-order chi connectivity index (χ0) is 19.5. The van der Waals surface area contributed by atoms with Gasteiger partial charge in [0.15, 0.2) is 0 Å². The molecule has 150 valence electrons. The van der Waals surface area contributed by atoms with Crippen LogP contribution < -0.4 is 0 Å². The van der Waals surface area contributed by atoms with Gasteiger partial charge >= 0.3 is 0 Å². The molecule has 0 radical (unpaired) electrons. The minimum absolute atomic E-state index is 0.0181. The molecule has 0 bridgehead atoms. The van der Waals surface area contributed by atoms with E-state index in [1.165, 1.54) is 0 Å². The van der Waals surface area contributed by atoms with E-state index in [0.717, 1.165) is 5.69 Å². The predicted octanol–water partition coefficient (Wildman–Crippen LogP) is 2.59. The normalized spacial score (nSPS) is 30.7. The molecular formula is C20H30N2O4S. The Morgan fingerprint density at radius 1 is 1.33 bits per heavy atom. The van der Waals surface area contributed by atoms with E-state index in [4.69, 9.17) is 4.74 Å². The van der Waals surface area contributed by atoms with E-state index in [0.29, 0.717) is 50.5 Å². The van der Waals surface area contributed by atoms with Crippen molar-refractivity contribution in [2.75, 3.05) is 37.8 Å². The van der Waals surface area contributed by atoms with Crippen LogP contribution in [0.2, 0.25) is 0 Å². The van der Waals surface area contributed by atoms with Gasteiger partial charge in [-0.25, -0.2) is 4.21 Å². The molecule has 1 unspecified atom stereocenters. The molecule has 6 nitrogen and oxygen atoms in total. The van der Waals surface area contributed by atoms with E-state index in [1.54, 1.807) is 0 Å². The maximum absolute atomic E-state index is 13.1. The molecule has 27 heavy (non-hydrogen) atoms. The third kappa shape index (κ3) is 4.36. The quantitative estimate of drug-likeness (QED) is 0.851. The molecule has 1 amide bonds. The Morgan fingerprint density at radius 2 is 2.00 bits per heavy atom. The molecule has 1 spiro atoms. The lowest BCUT2D eigenvalue weighted by atomic mass is 9.85. The van der Waals surface area contributed by atoms with Crippen molar-refractivity contribution in [3.05, 3.63) is 30.3 Å². The number of carbonyl (C=O) groups excluding carboxylic acids is 1. The summed E-state index contributed by atoms with van der Waals surface area (Å²) in [4.78, 5) is 14.7. The molecule has 2 heterocycles. The average molecular weight is 395 g/mol. The third-order valence-electron chi connectivity index (χ3n) is 5.96. The Morgan fingerprint density at radius 3 is 2.59 bits per heavy atom. The summed E-state index contributed by atoms with van der Waals surface area (Å²) in [6, 6.07) is 9.45. The van der Waals surface area contributed by atoms with Gasteiger partial charge in [0.2, 0.25) is 5.91 Å². The second-order valence-corrected chi connectivity index (χ2v) is 10.5. The van der Waals surface area contributed by atoms with Gasteiger partial charge in [-0.15, -0.1) is 0 Å². The van der Waals surface area contributed by atoms with Crippen molar-refractivity contribution >= 4 is 21.3 Å². The lowest BCUT2D eigenvalue weighted by molar-refractivity contribution is -0.163. The number of hydrogen-bond acceptors (Lipinski definition) is 5. The van der Waals surface area contributed by atoms with Crippen molar-refractivity contribution < 1.29 is 18.8 Å². The molecule has 7 heteroatoms. The van der Waals surface area contributed by atoms with Crippen LogP contribution in [0.5, 0.6) is 0 Å². The number of aliphatic hydroxyl groups excluding tert-OH is 1. The first kappa shape index (κ1) is 20.3. The lowest BCUT2D eigenvalue weighted by Crippen LogP contribution is -2.59. The highest BCUT2D eigenvalue weighted by Crippen LogP contribution is 2.35. The molecule has 2 fully saturated rings. The SMILES string of the molecule is CCC(C)(CO)C(=O)N1CCOC2(CCS(=O)(=Nc3ccccc3)CC2)C1. The van der Waals surface area contributed by atoms with Gasteiger partial charge in [0.05, 0.1) is 39.6 Å². The van der Waals surface area contributed by atoms with Gasteiger partial charge in [-0.3, -0.25) is 4.79 Å². The number of ether oxygens (including phenoxy) is 1. The second kappa shape index (κ2) is 7.89. The summed E-state index contributed by atoms with van der Waals surface area (Å²) in [7, 11) is -2.29. The number of hydrogen-bond donors (Lipinski definition) is 1. The summed E-state index contributed by atoms with van der Waals surface area (Å²) in [5.74, 6) is 0.944. The maximum Gasteiger partial charge on any atom is 0.230 e. The average Bonchev–Trinajstić information content (AvgIpc) is 2.70. The van der Waals surface area contributed by atoms with Gasteiger partial charge in [-0.05, 0) is 38.3 Å². The molecule has 0 aliphatic carbocycles. The number of amides is 1. The fourth-order valence-electron chi connectivity index (χ4n) is 3.72. The number of rotatable bonds is 4. The predicted molar refractivity (Wildman–Crippen MR) is 106 cm³/mol. The fraction of sp³-hybridized carbons (Fsp3) is 0.650. The molecular weight excluding hydrogens is 364 g/mol. The van der Waals surface area contributed by atoms with Gasteiger partial charge in [0, 0.05) is 24.6 Å². The summed E-state index contributed by atoms with van der Waals surface area (Å²) in [6.07, 6.45) is 1.86. The first-order chi connectivity index (χ1) is 12.8. The largest absolute Gasteiger partial charge is 0.395 e. The van der Waals surface area contributed by atoms with Gasteiger partial charge in [-0.1, -0.05) is 25.1 Å². The van der Waals surface area contributed by atoms with Crippen LogP contribution in [-0.4, -0.2) is 63.5 Å². The molecule has 2 aliphatic heterocycles. The summed E-state index contributed by atoms with van der Waals surface area (Å²) >= 11 is 0. The summed E-state index contributed by atoms with van der Waals surface area (Å²) in [5.41, 5.74) is -0.435. The first-order valence-electron chi connectivity index (χ1n) is 9.65. The first-order valence-corrected chi connectivity index (χ1v) is 11.5. The van der Waals surface area contributed by atoms with Crippen molar-refractivity contribution in [1.29, 1.82) is 0 Å². The van der Waals surface area contributed by atoms with Crippen LogP contribution in [0.1, 0.15) is 33.1 Å². The van der Waals surface area contributed by atoms with E-state index in [2.05, 4.69) is 4.36 Å². The van der Waals surface area contributed by atoms with Crippen LogP contribution in [0, 0.1) is 5.41 Å². The molecule has 1 atom stereocenters. The minimum Gasteiger partial charge on any atom is -0.395 e. The van der Waals surface area contributed by atoms with Gasteiger partial charge in [0.1, 0.15) is 0 Å². The zero-order valence-electron chi connectivity index (χ0n) is 16.2. The number of nitrogens with zero attached hydrogens (tertiary/aromatic N) is 2. The van der Waals surface area contributed by atoms with Crippen molar-refractivity contribution in [2.24, 2.45) is 9.78 Å². The van der Waals surface area contributed by atoms with E-state index in [9.17, 15) is 14.1 Å². The Bertz CT molecular complexity index is 768. The molecule has 0 saturated carbocycles. The number of benzene rings is 1. The monoisotopic (exact) mass is 394 g/mol. The fourth-order valence-corrected chi connectivity index (χ4v) is 6.00. The molecule has 1 aromatic carbocycles. The third-order valence-corrected chi connectivity index (χ3v) is 8.19.